The second-order valence-electron chi connectivity index (χ2n) is 4.90. The molecule has 1 atom stereocenters. The van der Waals surface area contributed by atoms with Crippen LogP contribution in [0.3, 0.4) is 0 Å². The van der Waals surface area contributed by atoms with Crippen LogP contribution in [0.15, 0.2) is 6.33 Å². The third kappa shape index (κ3) is 4.65. The minimum Gasteiger partial charge on any atom is -0.305 e. The molecule has 96 valence electrons. The molecule has 1 aromatic heterocycles. The zero-order valence-corrected chi connectivity index (χ0v) is 11.0. The first-order valence-corrected chi connectivity index (χ1v) is 6.14. The lowest BCUT2D eigenvalue weighted by Crippen LogP contribution is -2.43. The van der Waals surface area contributed by atoms with E-state index in [2.05, 4.69) is 34.3 Å². The standard InChI is InChI=1S/C12H22N4O/c1-8(2)12(17)10(15-9(3)4)5-6-11-13-7-14-16-11/h7-10,15H,5-6H2,1-4H3,(H,13,14,16). The normalized spacial score (nSPS) is 13.3. The summed E-state index contributed by atoms with van der Waals surface area (Å²) in [6.07, 6.45) is 2.98. The van der Waals surface area contributed by atoms with Crippen molar-refractivity contribution in [3.05, 3.63) is 12.2 Å². The predicted octanol–water partition coefficient (Wildman–Crippen LogP) is 1.33. The van der Waals surface area contributed by atoms with Gasteiger partial charge in [-0.1, -0.05) is 27.7 Å². The summed E-state index contributed by atoms with van der Waals surface area (Å²) < 4.78 is 0. The van der Waals surface area contributed by atoms with Crippen molar-refractivity contribution in [2.24, 2.45) is 5.92 Å². The molecule has 0 aromatic carbocycles. The molecule has 0 spiro atoms. The first-order chi connectivity index (χ1) is 8.00. The van der Waals surface area contributed by atoms with Gasteiger partial charge in [0.1, 0.15) is 12.2 Å². The molecule has 0 bridgehead atoms. The number of ketones is 1. The number of Topliss-reactive ketones (excluding diaryl/α,β-unsaturated/α-hetero) is 1. The Kier molecular flexibility index (Phi) is 5.28. The summed E-state index contributed by atoms with van der Waals surface area (Å²) in [5.41, 5.74) is 0. The minimum absolute atomic E-state index is 0.0565. The Balaban J connectivity index is 2.54. The van der Waals surface area contributed by atoms with E-state index in [-0.39, 0.29) is 17.7 Å². The summed E-state index contributed by atoms with van der Waals surface area (Å²) in [6.45, 7) is 7.97. The number of hydrogen-bond donors (Lipinski definition) is 2. The van der Waals surface area contributed by atoms with Gasteiger partial charge < -0.3 is 5.32 Å². The lowest BCUT2D eigenvalue weighted by molar-refractivity contribution is -0.124. The highest BCUT2D eigenvalue weighted by atomic mass is 16.1. The van der Waals surface area contributed by atoms with Crippen molar-refractivity contribution in [3.63, 3.8) is 0 Å². The molecule has 1 rings (SSSR count). The molecule has 0 aliphatic rings. The van der Waals surface area contributed by atoms with Gasteiger partial charge in [0, 0.05) is 18.4 Å². The number of aromatic amines is 1. The van der Waals surface area contributed by atoms with E-state index in [0.717, 1.165) is 18.7 Å². The number of aromatic nitrogens is 3. The number of hydrogen-bond acceptors (Lipinski definition) is 4. The zero-order valence-electron chi connectivity index (χ0n) is 11.0. The minimum atomic E-state index is -0.0971. The van der Waals surface area contributed by atoms with Crippen molar-refractivity contribution >= 4 is 5.78 Å². The average Bonchev–Trinajstić information content (AvgIpc) is 2.75. The number of H-pyrrole nitrogens is 1. The lowest BCUT2D eigenvalue weighted by Gasteiger charge is -2.21. The van der Waals surface area contributed by atoms with E-state index in [1.165, 1.54) is 6.33 Å². The summed E-state index contributed by atoms with van der Waals surface area (Å²) >= 11 is 0. The third-order valence-electron chi connectivity index (χ3n) is 2.58. The molecule has 17 heavy (non-hydrogen) atoms. The second-order valence-corrected chi connectivity index (χ2v) is 4.90. The first kappa shape index (κ1) is 13.8. The topological polar surface area (TPSA) is 70.7 Å². The average molecular weight is 238 g/mol. The summed E-state index contributed by atoms with van der Waals surface area (Å²) in [6, 6.07) is 0.206. The maximum Gasteiger partial charge on any atom is 0.152 e. The molecule has 1 unspecified atom stereocenters. The van der Waals surface area contributed by atoms with Crippen LogP contribution in [-0.4, -0.2) is 33.0 Å². The van der Waals surface area contributed by atoms with Gasteiger partial charge in [0.25, 0.3) is 0 Å². The number of nitrogens with one attached hydrogen (secondary N) is 2. The number of carbonyl (C=O) groups is 1. The molecule has 1 aromatic rings. The van der Waals surface area contributed by atoms with E-state index in [9.17, 15) is 4.79 Å². The van der Waals surface area contributed by atoms with Gasteiger partial charge in [0.05, 0.1) is 6.04 Å². The van der Waals surface area contributed by atoms with Gasteiger partial charge in [-0.25, -0.2) is 4.98 Å². The highest BCUT2D eigenvalue weighted by Gasteiger charge is 2.21. The molecule has 2 N–H and O–H groups in total. The molecular formula is C12H22N4O. The Labute approximate surface area is 102 Å². The van der Waals surface area contributed by atoms with Crippen molar-refractivity contribution in [2.75, 3.05) is 0 Å². The van der Waals surface area contributed by atoms with Gasteiger partial charge in [0.15, 0.2) is 5.78 Å². The van der Waals surface area contributed by atoms with Crippen molar-refractivity contribution in [2.45, 2.75) is 52.6 Å². The highest BCUT2D eigenvalue weighted by Crippen LogP contribution is 2.07. The van der Waals surface area contributed by atoms with Crippen LogP contribution in [0.1, 0.15) is 39.9 Å². The van der Waals surface area contributed by atoms with Crippen LogP contribution in [0, 0.1) is 5.92 Å². The fourth-order valence-corrected chi connectivity index (χ4v) is 1.74. The molecule has 0 radical (unpaired) electrons. The van der Waals surface area contributed by atoms with Crippen LogP contribution in [0.2, 0.25) is 0 Å². The maximum atomic E-state index is 12.0. The lowest BCUT2D eigenvalue weighted by atomic mass is 9.97. The van der Waals surface area contributed by atoms with Crippen LogP contribution in [0.25, 0.3) is 0 Å². The van der Waals surface area contributed by atoms with E-state index in [4.69, 9.17) is 0 Å². The summed E-state index contributed by atoms with van der Waals surface area (Å²) in [5, 5.41) is 9.93. The van der Waals surface area contributed by atoms with E-state index in [0.29, 0.717) is 6.04 Å². The Bertz CT molecular complexity index is 332. The monoisotopic (exact) mass is 238 g/mol. The van der Waals surface area contributed by atoms with Crippen LogP contribution < -0.4 is 5.32 Å². The molecule has 5 heteroatoms. The molecule has 0 saturated carbocycles. The summed E-state index contributed by atoms with van der Waals surface area (Å²) in [4.78, 5) is 16.1. The number of nitrogens with zero attached hydrogens (tertiary/aromatic N) is 2. The van der Waals surface area contributed by atoms with E-state index >= 15 is 0 Å². The van der Waals surface area contributed by atoms with Crippen molar-refractivity contribution in [1.29, 1.82) is 0 Å². The third-order valence-corrected chi connectivity index (χ3v) is 2.58. The molecule has 5 nitrogen and oxygen atoms in total. The second kappa shape index (κ2) is 6.49. The van der Waals surface area contributed by atoms with Crippen LogP contribution >= 0.6 is 0 Å². The largest absolute Gasteiger partial charge is 0.305 e. The SMILES string of the molecule is CC(C)NC(CCc1ncn[nH]1)C(=O)C(C)C. The van der Waals surface area contributed by atoms with Gasteiger partial charge in [-0.2, -0.15) is 5.10 Å². The molecule has 0 fully saturated rings. The molecule has 0 amide bonds. The molecule has 0 aliphatic carbocycles. The van der Waals surface area contributed by atoms with Crippen molar-refractivity contribution < 1.29 is 4.79 Å². The van der Waals surface area contributed by atoms with E-state index in [1.54, 1.807) is 0 Å². The quantitative estimate of drug-likeness (QED) is 0.752. The van der Waals surface area contributed by atoms with Crippen LogP contribution in [0.5, 0.6) is 0 Å². The van der Waals surface area contributed by atoms with Gasteiger partial charge in [0.2, 0.25) is 0 Å². The van der Waals surface area contributed by atoms with Gasteiger partial charge in [-0.05, 0) is 6.42 Å². The zero-order chi connectivity index (χ0) is 12.8. The van der Waals surface area contributed by atoms with Gasteiger partial charge >= 0.3 is 0 Å². The molecule has 0 saturated heterocycles. The highest BCUT2D eigenvalue weighted by molar-refractivity contribution is 5.85. The number of carbonyl (C=O) groups excluding carboxylic acids is 1. The molecular weight excluding hydrogens is 216 g/mol. The van der Waals surface area contributed by atoms with E-state index in [1.807, 2.05) is 13.8 Å². The fourth-order valence-electron chi connectivity index (χ4n) is 1.74. The Morgan fingerprint density at radius 3 is 2.59 bits per heavy atom. The summed E-state index contributed by atoms with van der Waals surface area (Å²) in [7, 11) is 0. The Morgan fingerprint density at radius 1 is 1.41 bits per heavy atom. The van der Waals surface area contributed by atoms with Crippen molar-refractivity contribution in [1.82, 2.24) is 20.5 Å². The van der Waals surface area contributed by atoms with Crippen LogP contribution in [0.4, 0.5) is 0 Å². The number of rotatable bonds is 7. The fraction of sp³-hybridized carbons (Fsp3) is 0.750. The Morgan fingerprint density at radius 2 is 2.12 bits per heavy atom. The molecule has 1 heterocycles. The van der Waals surface area contributed by atoms with Crippen LogP contribution in [-0.2, 0) is 11.2 Å². The maximum absolute atomic E-state index is 12.0. The van der Waals surface area contributed by atoms with E-state index < -0.39 is 0 Å². The number of aryl methyl sites for hydroxylation is 1. The van der Waals surface area contributed by atoms with Gasteiger partial charge in [-0.15, -0.1) is 0 Å². The smallest absolute Gasteiger partial charge is 0.152 e. The Hall–Kier alpha value is -1.23. The molecule has 0 aliphatic heterocycles. The summed E-state index contributed by atoms with van der Waals surface area (Å²) in [5.74, 6) is 1.15. The van der Waals surface area contributed by atoms with Gasteiger partial charge in [-0.3, -0.25) is 9.89 Å². The first-order valence-electron chi connectivity index (χ1n) is 6.14. The van der Waals surface area contributed by atoms with Crippen molar-refractivity contribution in [3.8, 4) is 0 Å². The predicted molar refractivity (Wildman–Crippen MR) is 66.6 cm³/mol.